The molecule has 0 bridgehead atoms. The first kappa shape index (κ1) is 18.2. The van der Waals surface area contributed by atoms with E-state index in [1.165, 1.54) is 28.8 Å². The van der Waals surface area contributed by atoms with Crippen molar-refractivity contribution in [1.29, 1.82) is 0 Å². The minimum absolute atomic E-state index is 0.130. The van der Waals surface area contributed by atoms with E-state index in [1.807, 2.05) is 30.3 Å². The van der Waals surface area contributed by atoms with E-state index in [9.17, 15) is 14.7 Å². The number of rotatable bonds is 5. The third-order valence-corrected chi connectivity index (χ3v) is 5.06. The average Bonchev–Trinajstić information content (AvgIpc) is 2.89. The summed E-state index contributed by atoms with van der Waals surface area (Å²) in [5, 5.41) is 12.0. The van der Waals surface area contributed by atoms with Crippen LogP contribution < -0.4 is 5.32 Å². The number of amides is 2. The second kappa shape index (κ2) is 8.16. The van der Waals surface area contributed by atoms with Gasteiger partial charge in [0, 0.05) is 18.7 Å². The lowest BCUT2D eigenvalue weighted by Crippen LogP contribution is -2.31. The van der Waals surface area contributed by atoms with Gasteiger partial charge in [0.25, 0.3) is 5.91 Å². The van der Waals surface area contributed by atoms with E-state index < -0.39 is 0 Å². The molecule has 2 N–H and O–H groups in total. The molecule has 7 heteroatoms. The van der Waals surface area contributed by atoms with Crippen LogP contribution in [0, 0.1) is 0 Å². The number of hydrogen-bond donors (Lipinski definition) is 2. The molecule has 0 spiro atoms. The molecule has 0 aromatic heterocycles. The number of phenols is 1. The Balaban J connectivity index is 1.58. The largest absolute Gasteiger partial charge is 0.508 e. The molecule has 2 amide bonds. The average molecular weight is 384 g/mol. The summed E-state index contributed by atoms with van der Waals surface area (Å²) in [6.07, 6.45) is 1.93. The summed E-state index contributed by atoms with van der Waals surface area (Å²) in [5.41, 5.74) is 1.51. The fourth-order valence-electron chi connectivity index (χ4n) is 2.38. The number of carbonyl (C=O) groups excluding carboxylic acids is 2. The van der Waals surface area contributed by atoms with Crippen molar-refractivity contribution in [3.63, 3.8) is 0 Å². The Bertz CT molecular complexity index is 864. The van der Waals surface area contributed by atoms with E-state index in [2.05, 4.69) is 5.32 Å². The van der Waals surface area contributed by atoms with Crippen LogP contribution in [0.3, 0.4) is 0 Å². The molecule has 1 fully saturated rings. The fourth-order valence-corrected chi connectivity index (χ4v) is 3.68. The first-order valence-electron chi connectivity index (χ1n) is 7.92. The lowest BCUT2D eigenvalue weighted by Gasteiger charge is -2.14. The molecule has 0 aliphatic carbocycles. The number of benzene rings is 2. The Morgan fingerprint density at radius 2 is 1.85 bits per heavy atom. The molecule has 1 saturated heterocycles. The molecule has 0 radical (unpaired) electrons. The highest BCUT2D eigenvalue weighted by atomic mass is 32.2. The number of aromatic hydroxyl groups is 1. The molecule has 0 saturated carbocycles. The van der Waals surface area contributed by atoms with E-state index in [0.29, 0.717) is 14.9 Å². The first-order chi connectivity index (χ1) is 12.5. The maximum absolute atomic E-state index is 12.5. The van der Waals surface area contributed by atoms with Crippen molar-refractivity contribution in [2.45, 2.75) is 6.42 Å². The fraction of sp³-hybridized carbons (Fsp3) is 0.105. The molecular formula is C19H16N2O3S2. The number of phenolic OH excluding ortho intramolecular Hbond substituents is 1. The van der Waals surface area contributed by atoms with Gasteiger partial charge in [-0.2, -0.15) is 0 Å². The van der Waals surface area contributed by atoms with Crippen LogP contribution in [-0.2, 0) is 9.59 Å². The van der Waals surface area contributed by atoms with Gasteiger partial charge in [0.15, 0.2) is 0 Å². The molecule has 1 aliphatic rings. The van der Waals surface area contributed by atoms with Crippen LogP contribution in [0.15, 0.2) is 59.5 Å². The minimum Gasteiger partial charge on any atom is -0.508 e. The van der Waals surface area contributed by atoms with E-state index in [4.69, 9.17) is 12.2 Å². The topological polar surface area (TPSA) is 69.6 Å². The van der Waals surface area contributed by atoms with Gasteiger partial charge in [-0.3, -0.25) is 14.5 Å². The van der Waals surface area contributed by atoms with Gasteiger partial charge in [-0.05, 0) is 35.9 Å². The first-order valence-corrected chi connectivity index (χ1v) is 9.15. The number of nitrogens with one attached hydrogen (secondary N) is 1. The second-order valence-electron chi connectivity index (χ2n) is 5.59. The molecule has 1 heterocycles. The molecule has 26 heavy (non-hydrogen) atoms. The summed E-state index contributed by atoms with van der Waals surface area (Å²) in [7, 11) is 0. The van der Waals surface area contributed by atoms with Crippen molar-refractivity contribution >= 4 is 51.9 Å². The molecular weight excluding hydrogens is 368 g/mol. The summed E-state index contributed by atoms with van der Waals surface area (Å²) < 4.78 is 0.453. The molecule has 0 atom stereocenters. The maximum Gasteiger partial charge on any atom is 0.266 e. The minimum atomic E-state index is -0.225. The number of thiocarbonyl (C=S) groups is 1. The molecule has 2 aromatic rings. The highest BCUT2D eigenvalue weighted by molar-refractivity contribution is 8.26. The Labute approximate surface area is 160 Å². The van der Waals surface area contributed by atoms with Crippen LogP contribution in [0.4, 0.5) is 5.69 Å². The van der Waals surface area contributed by atoms with E-state index in [1.54, 1.807) is 18.2 Å². The van der Waals surface area contributed by atoms with Crippen LogP contribution in [0.1, 0.15) is 12.0 Å². The molecule has 2 aromatic carbocycles. The number of nitrogens with zero attached hydrogens (tertiary/aromatic N) is 1. The van der Waals surface area contributed by atoms with Gasteiger partial charge in [-0.25, -0.2) is 0 Å². The van der Waals surface area contributed by atoms with Crippen molar-refractivity contribution in [1.82, 2.24) is 4.90 Å². The monoisotopic (exact) mass is 384 g/mol. The van der Waals surface area contributed by atoms with Crippen LogP contribution in [-0.4, -0.2) is 32.7 Å². The number of carbonyl (C=O) groups is 2. The number of thioether (sulfide) groups is 1. The van der Waals surface area contributed by atoms with Gasteiger partial charge < -0.3 is 10.4 Å². The van der Waals surface area contributed by atoms with Gasteiger partial charge in [-0.15, -0.1) is 0 Å². The van der Waals surface area contributed by atoms with Gasteiger partial charge in [0.1, 0.15) is 10.1 Å². The Hall–Kier alpha value is -2.64. The van der Waals surface area contributed by atoms with Crippen molar-refractivity contribution in [3.8, 4) is 5.75 Å². The zero-order valence-electron chi connectivity index (χ0n) is 13.7. The van der Waals surface area contributed by atoms with E-state index in [0.717, 1.165) is 5.56 Å². The van der Waals surface area contributed by atoms with Crippen molar-refractivity contribution < 1.29 is 14.7 Å². The standard InChI is InChI=1S/C19H16N2O3S2/c22-15-8-6-14(7-9-15)20-17(23)10-11-21-18(24)16(26-19(21)25)12-13-4-2-1-3-5-13/h1-9,12,22H,10-11H2,(H,20,23)/b16-12-. The Morgan fingerprint density at radius 3 is 2.54 bits per heavy atom. The smallest absolute Gasteiger partial charge is 0.266 e. The second-order valence-corrected chi connectivity index (χ2v) is 7.26. The maximum atomic E-state index is 12.5. The third kappa shape index (κ3) is 4.50. The van der Waals surface area contributed by atoms with E-state index >= 15 is 0 Å². The summed E-state index contributed by atoms with van der Waals surface area (Å²) in [5.74, 6) is -0.274. The molecule has 1 aliphatic heterocycles. The van der Waals surface area contributed by atoms with Gasteiger partial charge in [0.2, 0.25) is 5.91 Å². The van der Waals surface area contributed by atoms with Crippen LogP contribution in [0.5, 0.6) is 5.75 Å². The molecule has 132 valence electrons. The normalized spacial score (nSPS) is 15.5. The van der Waals surface area contributed by atoms with Crippen LogP contribution in [0.2, 0.25) is 0 Å². The van der Waals surface area contributed by atoms with Gasteiger partial charge in [-0.1, -0.05) is 54.3 Å². The van der Waals surface area contributed by atoms with Crippen molar-refractivity contribution in [3.05, 3.63) is 65.1 Å². The molecule has 5 nitrogen and oxygen atoms in total. The summed E-state index contributed by atoms with van der Waals surface area (Å²) in [6, 6.07) is 15.7. The predicted octanol–water partition coefficient (Wildman–Crippen LogP) is 3.62. The van der Waals surface area contributed by atoms with Gasteiger partial charge >= 0.3 is 0 Å². The van der Waals surface area contributed by atoms with E-state index in [-0.39, 0.29) is 30.5 Å². The quantitative estimate of drug-likeness (QED) is 0.468. The summed E-state index contributed by atoms with van der Waals surface area (Å²) >= 11 is 6.52. The summed E-state index contributed by atoms with van der Waals surface area (Å²) in [6.45, 7) is 0.223. The molecule has 3 rings (SSSR count). The van der Waals surface area contributed by atoms with Gasteiger partial charge in [0.05, 0.1) is 4.91 Å². The van der Waals surface area contributed by atoms with Crippen molar-refractivity contribution in [2.24, 2.45) is 0 Å². The zero-order chi connectivity index (χ0) is 18.5. The molecule has 0 unspecified atom stereocenters. The van der Waals surface area contributed by atoms with Crippen LogP contribution >= 0.6 is 24.0 Å². The third-order valence-electron chi connectivity index (χ3n) is 3.68. The highest BCUT2D eigenvalue weighted by Gasteiger charge is 2.32. The van der Waals surface area contributed by atoms with Crippen molar-refractivity contribution in [2.75, 3.05) is 11.9 Å². The predicted molar refractivity (Wildman–Crippen MR) is 108 cm³/mol. The Kier molecular flexibility index (Phi) is 5.70. The van der Waals surface area contributed by atoms with Crippen LogP contribution in [0.25, 0.3) is 6.08 Å². The SMILES string of the molecule is O=C(CCN1C(=O)/C(=C/c2ccccc2)SC1=S)Nc1ccc(O)cc1. The zero-order valence-corrected chi connectivity index (χ0v) is 15.3. The Morgan fingerprint density at radius 1 is 1.15 bits per heavy atom. The lowest BCUT2D eigenvalue weighted by molar-refractivity contribution is -0.122. The highest BCUT2D eigenvalue weighted by Crippen LogP contribution is 2.32. The lowest BCUT2D eigenvalue weighted by atomic mass is 10.2. The number of hydrogen-bond acceptors (Lipinski definition) is 5. The summed E-state index contributed by atoms with van der Waals surface area (Å²) in [4.78, 5) is 26.6. The number of anilines is 1.